The Labute approximate surface area is 174 Å². The standard InChI is InChI=1S/C20H25ClN4O4/c1-2-24(12-16(26)22-11-14-5-7-15(21)8-6-14)17(27)13-25-18(28)20(23-19(25)29)9-3-4-10-20/h5-8H,2-4,9-13H2,1H3,(H,22,26)(H,23,29). The maximum Gasteiger partial charge on any atom is 0.325 e. The molecule has 0 aromatic heterocycles. The largest absolute Gasteiger partial charge is 0.350 e. The van der Waals surface area contributed by atoms with Gasteiger partial charge in [-0.25, -0.2) is 4.79 Å². The van der Waals surface area contributed by atoms with E-state index in [4.69, 9.17) is 11.6 Å². The Morgan fingerprint density at radius 3 is 2.48 bits per heavy atom. The van der Waals surface area contributed by atoms with Crippen molar-refractivity contribution < 1.29 is 19.2 Å². The first-order valence-corrected chi connectivity index (χ1v) is 10.2. The highest BCUT2D eigenvalue weighted by molar-refractivity contribution is 6.30. The molecule has 1 spiro atoms. The second-order valence-corrected chi connectivity index (χ2v) is 7.86. The van der Waals surface area contributed by atoms with Gasteiger partial charge in [0.2, 0.25) is 11.8 Å². The maximum atomic E-state index is 12.7. The van der Waals surface area contributed by atoms with Gasteiger partial charge in [-0.2, -0.15) is 0 Å². The van der Waals surface area contributed by atoms with E-state index in [0.29, 0.717) is 31.0 Å². The number of imide groups is 1. The number of halogens is 1. The zero-order valence-corrected chi connectivity index (χ0v) is 17.1. The van der Waals surface area contributed by atoms with Crippen molar-refractivity contribution in [3.8, 4) is 0 Å². The Balaban J connectivity index is 1.53. The van der Waals surface area contributed by atoms with Gasteiger partial charge in [0.15, 0.2) is 0 Å². The van der Waals surface area contributed by atoms with Crippen molar-refractivity contribution in [2.45, 2.75) is 44.7 Å². The minimum Gasteiger partial charge on any atom is -0.350 e. The lowest BCUT2D eigenvalue weighted by molar-refractivity contribution is -0.140. The van der Waals surface area contributed by atoms with Crippen molar-refractivity contribution in [2.75, 3.05) is 19.6 Å². The fraction of sp³-hybridized carbons (Fsp3) is 0.500. The van der Waals surface area contributed by atoms with Gasteiger partial charge < -0.3 is 15.5 Å². The highest BCUT2D eigenvalue weighted by Gasteiger charge is 2.52. The fourth-order valence-corrected chi connectivity index (χ4v) is 3.91. The van der Waals surface area contributed by atoms with Gasteiger partial charge in [-0.05, 0) is 37.5 Å². The number of amides is 5. The van der Waals surface area contributed by atoms with E-state index in [1.165, 1.54) is 4.90 Å². The zero-order chi connectivity index (χ0) is 21.0. The van der Waals surface area contributed by atoms with Crippen LogP contribution in [0.5, 0.6) is 0 Å². The van der Waals surface area contributed by atoms with Crippen LogP contribution in [0.3, 0.4) is 0 Å². The van der Waals surface area contributed by atoms with Gasteiger partial charge in [-0.15, -0.1) is 0 Å². The lowest BCUT2D eigenvalue weighted by Crippen LogP contribution is -2.47. The molecule has 3 rings (SSSR count). The molecule has 1 aromatic carbocycles. The minimum atomic E-state index is -0.843. The molecule has 156 valence electrons. The maximum absolute atomic E-state index is 12.7. The Hall–Kier alpha value is -2.61. The summed E-state index contributed by atoms with van der Waals surface area (Å²) >= 11 is 5.84. The zero-order valence-electron chi connectivity index (χ0n) is 16.4. The Bertz CT molecular complexity index is 805. The van der Waals surface area contributed by atoms with Crippen LogP contribution in [0, 0.1) is 0 Å². The van der Waals surface area contributed by atoms with Gasteiger partial charge in [-0.1, -0.05) is 36.6 Å². The number of hydrogen-bond donors (Lipinski definition) is 2. The van der Waals surface area contributed by atoms with E-state index in [-0.39, 0.29) is 24.9 Å². The second-order valence-electron chi connectivity index (χ2n) is 7.42. The van der Waals surface area contributed by atoms with Crippen LogP contribution >= 0.6 is 11.6 Å². The van der Waals surface area contributed by atoms with Crippen LogP contribution < -0.4 is 10.6 Å². The molecule has 1 saturated carbocycles. The van der Waals surface area contributed by atoms with Gasteiger partial charge in [0, 0.05) is 18.1 Å². The third-order valence-corrected chi connectivity index (χ3v) is 5.72. The lowest BCUT2D eigenvalue weighted by atomic mass is 9.98. The van der Waals surface area contributed by atoms with E-state index in [1.807, 2.05) is 12.1 Å². The predicted octanol–water partition coefficient (Wildman–Crippen LogP) is 1.67. The summed E-state index contributed by atoms with van der Waals surface area (Å²) in [4.78, 5) is 52.1. The molecule has 2 N–H and O–H groups in total. The molecule has 5 amide bonds. The van der Waals surface area contributed by atoms with Crippen LogP contribution in [0.1, 0.15) is 38.2 Å². The predicted molar refractivity (Wildman–Crippen MR) is 107 cm³/mol. The molecular weight excluding hydrogens is 396 g/mol. The third kappa shape index (κ3) is 4.70. The van der Waals surface area contributed by atoms with Crippen LogP contribution in [-0.2, 0) is 20.9 Å². The van der Waals surface area contributed by atoms with E-state index in [0.717, 1.165) is 23.3 Å². The number of nitrogens with one attached hydrogen (secondary N) is 2. The number of rotatable bonds is 7. The molecule has 2 fully saturated rings. The van der Waals surface area contributed by atoms with Gasteiger partial charge in [0.25, 0.3) is 5.91 Å². The summed E-state index contributed by atoms with van der Waals surface area (Å²) < 4.78 is 0. The summed E-state index contributed by atoms with van der Waals surface area (Å²) in [6.07, 6.45) is 2.96. The first-order chi connectivity index (χ1) is 13.8. The van der Waals surface area contributed by atoms with Gasteiger partial charge >= 0.3 is 6.03 Å². The van der Waals surface area contributed by atoms with E-state index in [1.54, 1.807) is 19.1 Å². The van der Waals surface area contributed by atoms with Crippen molar-refractivity contribution in [3.63, 3.8) is 0 Å². The molecule has 0 unspecified atom stereocenters. The molecule has 9 heteroatoms. The number of hydrogen-bond acceptors (Lipinski definition) is 4. The Morgan fingerprint density at radius 1 is 1.21 bits per heavy atom. The molecule has 0 bridgehead atoms. The average molecular weight is 421 g/mol. The van der Waals surface area contributed by atoms with E-state index >= 15 is 0 Å². The van der Waals surface area contributed by atoms with E-state index < -0.39 is 17.5 Å². The highest BCUT2D eigenvalue weighted by Crippen LogP contribution is 2.34. The fourth-order valence-electron chi connectivity index (χ4n) is 3.78. The molecule has 0 radical (unpaired) electrons. The Morgan fingerprint density at radius 2 is 1.86 bits per heavy atom. The molecule has 1 aliphatic carbocycles. The summed E-state index contributed by atoms with van der Waals surface area (Å²) in [7, 11) is 0. The molecule has 1 aliphatic heterocycles. The number of nitrogens with zero attached hydrogens (tertiary/aromatic N) is 2. The molecule has 1 aromatic rings. The topological polar surface area (TPSA) is 98.8 Å². The van der Waals surface area contributed by atoms with Crippen LogP contribution in [0.4, 0.5) is 4.79 Å². The molecule has 2 aliphatic rings. The SMILES string of the molecule is CCN(CC(=O)NCc1ccc(Cl)cc1)C(=O)CN1C(=O)NC2(CCCC2)C1=O. The summed E-state index contributed by atoms with van der Waals surface area (Å²) in [5.41, 5.74) is 0.0444. The molecule has 0 atom stereocenters. The molecule has 1 heterocycles. The van der Waals surface area contributed by atoms with Crippen molar-refractivity contribution >= 4 is 35.4 Å². The molecule has 8 nitrogen and oxygen atoms in total. The summed E-state index contributed by atoms with van der Waals surface area (Å²) in [6, 6.07) is 6.55. The minimum absolute atomic E-state index is 0.141. The molecular formula is C20H25ClN4O4. The quantitative estimate of drug-likeness (QED) is 0.655. The highest BCUT2D eigenvalue weighted by atomic mass is 35.5. The van der Waals surface area contributed by atoms with Crippen LogP contribution in [0.25, 0.3) is 0 Å². The van der Waals surface area contributed by atoms with E-state index in [2.05, 4.69) is 10.6 Å². The van der Waals surface area contributed by atoms with E-state index in [9.17, 15) is 19.2 Å². The summed E-state index contributed by atoms with van der Waals surface area (Å²) in [5, 5.41) is 6.12. The first-order valence-electron chi connectivity index (χ1n) is 9.77. The van der Waals surface area contributed by atoms with Crippen molar-refractivity contribution in [3.05, 3.63) is 34.9 Å². The van der Waals surface area contributed by atoms with Gasteiger partial charge in [0.1, 0.15) is 12.1 Å². The number of benzene rings is 1. The normalized spacial score (nSPS) is 17.5. The lowest BCUT2D eigenvalue weighted by Gasteiger charge is -2.23. The van der Waals surface area contributed by atoms with Crippen molar-refractivity contribution in [1.82, 2.24) is 20.4 Å². The monoisotopic (exact) mass is 420 g/mol. The van der Waals surface area contributed by atoms with Crippen LogP contribution in [-0.4, -0.2) is 58.7 Å². The first kappa shape index (κ1) is 21.1. The smallest absolute Gasteiger partial charge is 0.325 e. The van der Waals surface area contributed by atoms with Crippen molar-refractivity contribution in [1.29, 1.82) is 0 Å². The molecule has 29 heavy (non-hydrogen) atoms. The number of likely N-dealkylation sites (N-methyl/N-ethyl adjacent to an activating group) is 1. The number of urea groups is 1. The summed E-state index contributed by atoms with van der Waals surface area (Å²) in [5.74, 6) is -1.09. The molecule has 1 saturated heterocycles. The van der Waals surface area contributed by atoms with Gasteiger partial charge in [-0.3, -0.25) is 19.3 Å². The third-order valence-electron chi connectivity index (χ3n) is 5.47. The number of carbonyl (C=O) groups excluding carboxylic acids is 4. The van der Waals surface area contributed by atoms with Crippen LogP contribution in [0.2, 0.25) is 5.02 Å². The average Bonchev–Trinajstić information content (AvgIpc) is 3.26. The second kappa shape index (κ2) is 8.82. The Kier molecular flexibility index (Phi) is 6.42. The summed E-state index contributed by atoms with van der Waals surface area (Å²) in [6.45, 7) is 1.86. The van der Waals surface area contributed by atoms with Crippen LogP contribution in [0.15, 0.2) is 24.3 Å². The number of carbonyl (C=O) groups is 4. The van der Waals surface area contributed by atoms with Gasteiger partial charge in [0.05, 0.1) is 6.54 Å². The van der Waals surface area contributed by atoms with Crippen molar-refractivity contribution in [2.24, 2.45) is 0 Å².